The molecule has 1 N–H and O–H groups in total. The van der Waals surface area contributed by atoms with Gasteiger partial charge in [-0.15, -0.1) is 0 Å². The number of hydrogen-bond acceptors (Lipinski definition) is 4. The monoisotopic (exact) mass is 329 g/mol. The van der Waals surface area contributed by atoms with Gasteiger partial charge < -0.3 is 14.8 Å². The minimum atomic E-state index is -0.323. The zero-order chi connectivity index (χ0) is 15.8. The topological polar surface area (TPSA) is 64.9 Å². The third-order valence-electron chi connectivity index (χ3n) is 3.58. The zero-order valence-corrected chi connectivity index (χ0v) is 12.7. The van der Waals surface area contributed by atoms with Crippen LogP contribution >= 0.6 is 11.6 Å². The van der Waals surface area contributed by atoms with Crippen LogP contribution < -0.4 is 14.8 Å². The Morgan fingerprint density at radius 2 is 2.13 bits per heavy atom. The molecule has 1 aromatic carbocycles. The van der Waals surface area contributed by atoms with Crippen molar-refractivity contribution in [3.8, 4) is 11.5 Å². The SMILES string of the molecule is O=C(NCc1ccc2c(c1)OCO2)c1nn2ccccc2c1Cl. The van der Waals surface area contributed by atoms with Gasteiger partial charge in [0.15, 0.2) is 17.2 Å². The predicted molar refractivity (Wildman–Crippen MR) is 83.9 cm³/mol. The number of rotatable bonds is 3. The average molecular weight is 330 g/mol. The Balaban J connectivity index is 1.52. The fourth-order valence-corrected chi connectivity index (χ4v) is 2.70. The Hall–Kier alpha value is -2.73. The number of benzene rings is 1. The van der Waals surface area contributed by atoms with Crippen molar-refractivity contribution in [2.24, 2.45) is 0 Å². The summed E-state index contributed by atoms with van der Waals surface area (Å²) >= 11 is 6.23. The van der Waals surface area contributed by atoms with Crippen LogP contribution in [-0.4, -0.2) is 22.3 Å². The van der Waals surface area contributed by atoms with E-state index < -0.39 is 0 Å². The maximum atomic E-state index is 12.3. The highest BCUT2D eigenvalue weighted by atomic mass is 35.5. The molecule has 0 spiro atoms. The summed E-state index contributed by atoms with van der Waals surface area (Å²) in [5.41, 5.74) is 1.81. The highest BCUT2D eigenvalue weighted by Gasteiger charge is 2.18. The zero-order valence-electron chi connectivity index (χ0n) is 12.0. The molecule has 2 aromatic heterocycles. The van der Waals surface area contributed by atoms with Crippen molar-refractivity contribution in [2.45, 2.75) is 6.54 Å². The van der Waals surface area contributed by atoms with Gasteiger partial charge in [-0.25, -0.2) is 4.52 Å². The molecule has 0 saturated heterocycles. The van der Waals surface area contributed by atoms with Gasteiger partial charge in [0.2, 0.25) is 6.79 Å². The Labute approximate surface area is 136 Å². The van der Waals surface area contributed by atoms with E-state index in [2.05, 4.69) is 10.4 Å². The van der Waals surface area contributed by atoms with E-state index in [1.54, 1.807) is 10.7 Å². The minimum absolute atomic E-state index is 0.207. The van der Waals surface area contributed by atoms with Crippen molar-refractivity contribution in [3.05, 3.63) is 58.9 Å². The normalized spacial score (nSPS) is 12.6. The van der Waals surface area contributed by atoms with E-state index in [1.807, 2.05) is 36.4 Å². The van der Waals surface area contributed by atoms with E-state index in [4.69, 9.17) is 21.1 Å². The fraction of sp³-hybridized carbons (Fsp3) is 0.125. The van der Waals surface area contributed by atoms with Gasteiger partial charge in [0.1, 0.15) is 0 Å². The lowest BCUT2D eigenvalue weighted by molar-refractivity contribution is 0.0945. The molecule has 4 rings (SSSR count). The van der Waals surface area contributed by atoms with Crippen molar-refractivity contribution in [2.75, 3.05) is 6.79 Å². The first-order valence-corrected chi connectivity index (χ1v) is 7.40. The molecule has 6 nitrogen and oxygen atoms in total. The van der Waals surface area contributed by atoms with Crippen molar-refractivity contribution >= 4 is 23.0 Å². The summed E-state index contributed by atoms with van der Waals surface area (Å²) in [6, 6.07) is 11.0. The van der Waals surface area contributed by atoms with Gasteiger partial charge in [-0.1, -0.05) is 23.7 Å². The third-order valence-corrected chi connectivity index (χ3v) is 3.96. The first kappa shape index (κ1) is 13.9. The standard InChI is InChI=1S/C16H12ClN3O3/c17-14-11-3-1-2-6-20(11)19-15(14)16(21)18-8-10-4-5-12-13(7-10)23-9-22-12/h1-7H,8-9H2,(H,18,21). The average Bonchev–Trinajstić information content (AvgIpc) is 3.17. The quantitative estimate of drug-likeness (QED) is 0.802. The van der Waals surface area contributed by atoms with E-state index in [0.29, 0.717) is 28.6 Å². The molecule has 0 saturated carbocycles. The van der Waals surface area contributed by atoms with Crippen LogP contribution in [-0.2, 0) is 6.54 Å². The molecule has 0 aliphatic carbocycles. The fourth-order valence-electron chi connectivity index (χ4n) is 2.43. The van der Waals surface area contributed by atoms with Gasteiger partial charge >= 0.3 is 0 Å². The molecule has 0 bridgehead atoms. The second-order valence-electron chi connectivity index (χ2n) is 5.06. The highest BCUT2D eigenvalue weighted by Crippen LogP contribution is 2.32. The number of pyridine rings is 1. The van der Waals surface area contributed by atoms with Crippen LogP contribution in [0.15, 0.2) is 42.6 Å². The predicted octanol–water partition coefficient (Wildman–Crippen LogP) is 2.65. The molecule has 3 heterocycles. The number of carbonyl (C=O) groups excluding carboxylic acids is 1. The number of fused-ring (bicyclic) bond motifs is 2. The van der Waals surface area contributed by atoms with Crippen molar-refractivity contribution in [3.63, 3.8) is 0 Å². The van der Waals surface area contributed by atoms with Crippen molar-refractivity contribution in [1.82, 2.24) is 14.9 Å². The number of amides is 1. The lowest BCUT2D eigenvalue weighted by Gasteiger charge is -2.05. The van der Waals surface area contributed by atoms with Crippen LogP contribution in [0.5, 0.6) is 11.5 Å². The maximum Gasteiger partial charge on any atom is 0.273 e. The van der Waals surface area contributed by atoms with Crippen LogP contribution in [0.4, 0.5) is 0 Å². The highest BCUT2D eigenvalue weighted by molar-refractivity contribution is 6.36. The Kier molecular flexibility index (Phi) is 3.31. The number of aromatic nitrogens is 2. The van der Waals surface area contributed by atoms with Crippen LogP contribution in [0.25, 0.3) is 5.52 Å². The summed E-state index contributed by atoms with van der Waals surface area (Å²) in [6.07, 6.45) is 1.75. The second-order valence-corrected chi connectivity index (χ2v) is 5.44. The summed E-state index contributed by atoms with van der Waals surface area (Å²) < 4.78 is 12.2. The molecule has 1 aliphatic rings. The van der Waals surface area contributed by atoms with Crippen molar-refractivity contribution < 1.29 is 14.3 Å². The summed E-state index contributed by atoms with van der Waals surface area (Å²) in [5, 5.41) is 7.36. The van der Waals surface area contributed by atoms with Gasteiger partial charge in [-0.05, 0) is 29.8 Å². The summed E-state index contributed by atoms with van der Waals surface area (Å²) in [5.74, 6) is 1.07. The first-order chi connectivity index (χ1) is 11.2. The summed E-state index contributed by atoms with van der Waals surface area (Å²) in [6.45, 7) is 0.571. The number of halogens is 1. The molecule has 0 fully saturated rings. The van der Waals surface area contributed by atoms with E-state index in [1.165, 1.54) is 0 Å². The van der Waals surface area contributed by atoms with E-state index in [9.17, 15) is 4.79 Å². The van der Waals surface area contributed by atoms with Crippen LogP contribution in [0.3, 0.4) is 0 Å². The molecular formula is C16H12ClN3O3. The van der Waals surface area contributed by atoms with Gasteiger partial charge in [-0.2, -0.15) is 5.10 Å². The maximum absolute atomic E-state index is 12.3. The number of nitrogens with zero attached hydrogens (tertiary/aromatic N) is 2. The molecule has 0 atom stereocenters. The second kappa shape index (κ2) is 5.48. The molecule has 1 aliphatic heterocycles. The smallest absolute Gasteiger partial charge is 0.273 e. The van der Waals surface area contributed by atoms with Gasteiger partial charge in [0.05, 0.1) is 10.5 Å². The molecule has 0 radical (unpaired) electrons. The molecule has 116 valence electrons. The molecular weight excluding hydrogens is 318 g/mol. The third kappa shape index (κ3) is 2.47. The van der Waals surface area contributed by atoms with E-state index in [0.717, 1.165) is 5.56 Å². The van der Waals surface area contributed by atoms with Gasteiger partial charge in [0, 0.05) is 12.7 Å². The molecule has 3 aromatic rings. The van der Waals surface area contributed by atoms with Crippen LogP contribution in [0.2, 0.25) is 5.02 Å². The summed E-state index contributed by atoms with van der Waals surface area (Å²) in [4.78, 5) is 12.3. The summed E-state index contributed by atoms with van der Waals surface area (Å²) in [7, 11) is 0. The van der Waals surface area contributed by atoms with E-state index >= 15 is 0 Å². The Morgan fingerprint density at radius 1 is 1.26 bits per heavy atom. The first-order valence-electron chi connectivity index (χ1n) is 7.02. The Morgan fingerprint density at radius 3 is 3.00 bits per heavy atom. The van der Waals surface area contributed by atoms with Gasteiger partial charge in [0.25, 0.3) is 5.91 Å². The molecule has 0 unspecified atom stereocenters. The molecule has 23 heavy (non-hydrogen) atoms. The lowest BCUT2D eigenvalue weighted by atomic mass is 10.2. The van der Waals surface area contributed by atoms with Crippen LogP contribution in [0.1, 0.15) is 16.1 Å². The molecule has 1 amide bonds. The minimum Gasteiger partial charge on any atom is -0.454 e. The lowest BCUT2D eigenvalue weighted by Crippen LogP contribution is -2.23. The van der Waals surface area contributed by atoms with E-state index in [-0.39, 0.29) is 18.4 Å². The number of ether oxygens (including phenoxy) is 2. The number of nitrogens with one attached hydrogen (secondary N) is 1. The molecule has 7 heteroatoms. The van der Waals surface area contributed by atoms with Crippen LogP contribution in [0, 0.1) is 0 Å². The van der Waals surface area contributed by atoms with Gasteiger partial charge in [-0.3, -0.25) is 4.79 Å². The number of carbonyl (C=O) groups is 1. The Bertz CT molecular complexity index is 907. The largest absolute Gasteiger partial charge is 0.454 e. The number of hydrogen-bond donors (Lipinski definition) is 1. The van der Waals surface area contributed by atoms with Crippen molar-refractivity contribution in [1.29, 1.82) is 0 Å².